The molecule has 0 fully saturated rings. The topological polar surface area (TPSA) is 249 Å². The molecule has 0 amide bonds. The average molecular weight is 637 g/mol. The molecule has 0 atom stereocenters. The number of hydrogen-bond donors (Lipinski definition) is 4. The van der Waals surface area contributed by atoms with Crippen molar-refractivity contribution in [2.24, 2.45) is 0 Å². The molecule has 0 aliphatic rings. The van der Waals surface area contributed by atoms with Gasteiger partial charge < -0.3 is 5.48 Å². The fraction of sp³-hybridized carbons (Fsp3) is 0. The van der Waals surface area contributed by atoms with Crippen LogP contribution in [0.2, 0.25) is 0 Å². The number of benzene rings is 4. The molecule has 0 spiro atoms. The molecule has 0 aliphatic carbocycles. The molecule has 4 aromatic carbocycles. The third-order valence-electron chi connectivity index (χ3n) is 4.86. The van der Waals surface area contributed by atoms with Gasteiger partial charge in [-0.2, -0.15) is 33.7 Å². The van der Waals surface area contributed by atoms with Crippen LogP contribution in [0.4, 0.5) is 0 Å². The first-order valence-electron chi connectivity index (χ1n) is 8.11. The van der Waals surface area contributed by atoms with E-state index < -0.39 is 60.1 Å². The van der Waals surface area contributed by atoms with Crippen LogP contribution in [-0.4, -0.2) is 176 Å². The van der Waals surface area contributed by atoms with Crippen LogP contribution in [0.5, 0.6) is 0 Å². The van der Waals surface area contributed by atoms with E-state index in [2.05, 4.69) is 0 Å². The Hall–Kier alpha value is 1.52. The van der Waals surface area contributed by atoms with Crippen molar-refractivity contribution >= 4 is 191 Å². The Morgan fingerprint density at radius 1 is 0.405 bits per heavy atom. The van der Waals surface area contributed by atoms with Gasteiger partial charge in [0.05, 0.1) is 0 Å². The summed E-state index contributed by atoms with van der Waals surface area (Å²) < 4.78 is 134. The van der Waals surface area contributed by atoms with Crippen molar-refractivity contribution in [1.82, 2.24) is 0 Å². The Bertz CT molecular complexity index is 1650. The summed E-state index contributed by atoms with van der Waals surface area (Å²) in [4.78, 5) is -3.90. The van der Waals surface area contributed by atoms with E-state index in [9.17, 15) is 51.9 Å². The van der Waals surface area contributed by atoms with E-state index in [0.29, 0.717) is 12.1 Å². The van der Waals surface area contributed by atoms with Gasteiger partial charge >= 0.3 is 118 Å². The van der Waals surface area contributed by atoms with Crippen LogP contribution in [0, 0.1) is 0 Å². The fourth-order valence-electron chi connectivity index (χ4n) is 3.72. The first kappa shape index (κ1) is 40.7. The zero-order valence-electron chi connectivity index (χ0n) is 15.7. The van der Waals surface area contributed by atoms with Gasteiger partial charge in [-0.1, -0.05) is 24.3 Å². The van der Waals surface area contributed by atoms with Crippen LogP contribution in [0.1, 0.15) is 0 Å². The fourth-order valence-corrected chi connectivity index (χ4v) is 6.73. The summed E-state index contributed by atoms with van der Waals surface area (Å²) >= 11 is 0. The van der Waals surface area contributed by atoms with Crippen LogP contribution in [0.25, 0.3) is 32.3 Å². The zero-order valence-corrected chi connectivity index (χ0v) is 18.9. The van der Waals surface area contributed by atoms with Crippen molar-refractivity contribution in [2.75, 3.05) is 0 Å². The van der Waals surface area contributed by atoms with Crippen LogP contribution >= 0.6 is 0 Å². The maximum absolute atomic E-state index is 11.9. The van der Waals surface area contributed by atoms with Gasteiger partial charge in [0.25, 0.3) is 40.5 Å². The molecule has 0 bridgehead atoms. The van der Waals surface area contributed by atoms with E-state index in [0.717, 1.165) is 24.3 Å². The Balaban J connectivity index is 0. The second-order valence-electron chi connectivity index (χ2n) is 6.72. The molecule has 37 heavy (non-hydrogen) atoms. The predicted molar refractivity (Wildman–Crippen MR) is 142 cm³/mol. The van der Waals surface area contributed by atoms with Crippen molar-refractivity contribution in [1.29, 1.82) is 0 Å². The molecule has 186 valence electrons. The molecule has 0 saturated heterocycles. The molecule has 6 N–H and O–H groups in total. The van der Waals surface area contributed by atoms with E-state index in [-0.39, 0.29) is 156 Å². The number of hydrogen-bond acceptors (Lipinski definition) is 8. The van der Waals surface area contributed by atoms with Gasteiger partial charge in [0.2, 0.25) is 0 Å². The Kier molecular flexibility index (Phi) is 14.5. The van der Waals surface area contributed by atoms with E-state index in [1.165, 1.54) is 0 Å². The molecule has 0 unspecified atom stereocenters. The van der Waals surface area contributed by atoms with E-state index >= 15 is 0 Å². The molecule has 0 radical (unpaired) electrons. The second-order valence-corrected chi connectivity index (χ2v) is 12.3. The maximum atomic E-state index is 11.9. The zero-order chi connectivity index (χ0) is 24.0. The molecule has 4 aromatic rings. The molecule has 21 heteroatoms. The van der Waals surface area contributed by atoms with Crippen molar-refractivity contribution in [3.63, 3.8) is 0 Å². The van der Waals surface area contributed by atoms with Crippen molar-refractivity contribution in [3.05, 3.63) is 36.4 Å². The van der Waals surface area contributed by atoms with E-state index in [1.54, 1.807) is 0 Å². The number of rotatable bonds is 4. The van der Waals surface area contributed by atoms with E-state index in [1.807, 2.05) is 0 Å². The summed E-state index contributed by atoms with van der Waals surface area (Å²) in [6.07, 6.45) is 0. The van der Waals surface area contributed by atoms with Gasteiger partial charge in [-0.25, -0.2) is 0 Å². The Morgan fingerprint density at radius 3 is 0.703 bits per heavy atom. The minimum absolute atomic E-state index is 0. The summed E-state index contributed by atoms with van der Waals surface area (Å²) in [7, 11) is -20.4. The summed E-state index contributed by atoms with van der Waals surface area (Å²) in [6.45, 7) is 0. The molecule has 0 saturated carbocycles. The third kappa shape index (κ3) is 7.49. The Labute approximate surface area is 299 Å². The molecule has 13 nitrogen and oxygen atoms in total. The Morgan fingerprint density at radius 2 is 0.568 bits per heavy atom. The predicted octanol–water partition coefficient (Wildman–Crippen LogP) is -1.85. The third-order valence-corrected chi connectivity index (χ3v) is 8.43. The molecule has 0 aliphatic heterocycles. The van der Waals surface area contributed by atoms with Crippen molar-refractivity contribution in [2.45, 2.75) is 19.6 Å². The minimum atomic E-state index is -5.10. The molecule has 0 heterocycles. The summed E-state index contributed by atoms with van der Waals surface area (Å²) in [5.41, 5.74) is 0. The van der Waals surface area contributed by atoms with Gasteiger partial charge in [-0.15, -0.1) is 0 Å². The molecular weight excluding hydrogens is 620 g/mol. The van der Waals surface area contributed by atoms with Crippen LogP contribution < -0.4 is 0 Å². The molecule has 4 rings (SSSR count). The first-order valence-corrected chi connectivity index (χ1v) is 13.9. The van der Waals surface area contributed by atoms with Gasteiger partial charge in [-0.05, 0) is 12.1 Å². The SMILES string of the molecule is O.O=S(=O)(O)c1cc(S(=O)(=O)O)c2ccc3c(S(=O)(=O)O)cc(S(=O)(=O)O)c4ccc1c2c43.[NaH].[NaH].[NaH].[NaH]. The van der Waals surface area contributed by atoms with E-state index in [4.69, 9.17) is 0 Å². The summed E-state index contributed by atoms with van der Waals surface area (Å²) in [6, 6.07) is 4.98. The second kappa shape index (κ2) is 13.2. The molecular formula is C16H16Na4O13S4. The van der Waals surface area contributed by atoms with Crippen LogP contribution in [0.15, 0.2) is 56.0 Å². The first-order chi connectivity index (χ1) is 14.4. The van der Waals surface area contributed by atoms with Gasteiger partial charge in [0.15, 0.2) is 0 Å². The van der Waals surface area contributed by atoms with Crippen molar-refractivity contribution < 1.29 is 57.4 Å². The van der Waals surface area contributed by atoms with Gasteiger partial charge in [0, 0.05) is 32.3 Å². The van der Waals surface area contributed by atoms with Crippen molar-refractivity contribution in [3.8, 4) is 0 Å². The van der Waals surface area contributed by atoms with Gasteiger partial charge in [0.1, 0.15) is 19.6 Å². The summed E-state index contributed by atoms with van der Waals surface area (Å²) in [5.74, 6) is 0. The normalized spacial score (nSPS) is 12.1. The average Bonchev–Trinajstić information content (AvgIpc) is 2.61. The quantitative estimate of drug-likeness (QED) is 0.110. The summed E-state index contributed by atoms with van der Waals surface area (Å²) in [5, 5.41) is -2.11. The van der Waals surface area contributed by atoms with Gasteiger partial charge in [-0.3, -0.25) is 18.2 Å². The standard InChI is InChI=1S/C16H10O12S4.4Na.H2O.4H/c17-29(18,19)11-5-13(31(23,24)25)9-3-4-10-14(32(26,27)28)6-12(30(20,21)22)8-2-1-7(11)15(9)16(8)10;;;;;;;;;/h1-6H,(H,17,18,19)(H,20,21,22)(H,23,24,25)(H,26,27,28);;;;;1H2;;;;. The monoisotopic (exact) mass is 636 g/mol. The van der Waals surface area contributed by atoms with Crippen LogP contribution in [0.3, 0.4) is 0 Å². The van der Waals surface area contributed by atoms with Crippen LogP contribution in [-0.2, 0) is 40.5 Å². The molecule has 0 aromatic heterocycles.